The van der Waals surface area contributed by atoms with Gasteiger partial charge >= 0.3 is 0 Å². The molecule has 2 aliphatic heterocycles. The van der Waals surface area contributed by atoms with Crippen LogP contribution in [0.25, 0.3) is 0 Å². The average molecular weight is 488 g/mol. The Balaban J connectivity index is 1.34. The molecule has 0 spiro atoms. The van der Waals surface area contributed by atoms with Crippen molar-refractivity contribution in [1.29, 1.82) is 0 Å². The third-order valence-corrected chi connectivity index (χ3v) is 7.94. The number of nitrogens with two attached hydrogens (primary N) is 1. The number of amides is 1. The van der Waals surface area contributed by atoms with Crippen molar-refractivity contribution in [1.82, 2.24) is 9.80 Å². The molecule has 182 valence electrons. The lowest BCUT2D eigenvalue weighted by molar-refractivity contribution is 0.0707. The van der Waals surface area contributed by atoms with E-state index in [0.29, 0.717) is 11.8 Å². The summed E-state index contributed by atoms with van der Waals surface area (Å²) in [6, 6.07) is 26.8. The van der Waals surface area contributed by atoms with E-state index in [1.807, 2.05) is 43.3 Å². The maximum absolute atomic E-state index is 13.8. The summed E-state index contributed by atoms with van der Waals surface area (Å²) in [7, 11) is 0. The molecule has 2 fully saturated rings. The first kappa shape index (κ1) is 24.1. The molecule has 0 saturated carbocycles. The van der Waals surface area contributed by atoms with Crippen molar-refractivity contribution < 1.29 is 4.79 Å². The standard InChI is InChI=1S/C30H34ClN3O/c1-21(32)24-8-5-9-25(16-24)30(35)34-19-27(22-6-3-2-4-7-22)17-29(34)20-33-15-14-26(18-33)23-10-12-28(31)13-11-23/h2-13,16,21,26-27,29H,14-15,17-20,32H2,1H3/t21?,26-,27-,29-/m0/s1. The van der Waals surface area contributed by atoms with Gasteiger partial charge in [0, 0.05) is 48.2 Å². The molecule has 0 aliphatic carbocycles. The fourth-order valence-electron chi connectivity index (χ4n) is 5.73. The lowest BCUT2D eigenvalue weighted by atomic mass is 9.96. The number of halogens is 1. The summed E-state index contributed by atoms with van der Waals surface area (Å²) in [5, 5.41) is 0.781. The molecule has 2 saturated heterocycles. The Kier molecular flexibility index (Phi) is 7.24. The minimum atomic E-state index is -0.0939. The van der Waals surface area contributed by atoms with Crippen LogP contribution in [0.5, 0.6) is 0 Å². The second-order valence-corrected chi connectivity index (χ2v) is 10.6. The maximum atomic E-state index is 13.8. The van der Waals surface area contributed by atoms with Crippen LogP contribution >= 0.6 is 11.6 Å². The number of carbonyl (C=O) groups excluding carboxylic acids is 1. The fraction of sp³-hybridized carbons (Fsp3) is 0.367. The van der Waals surface area contributed by atoms with Gasteiger partial charge in [-0.05, 0) is 73.2 Å². The summed E-state index contributed by atoms with van der Waals surface area (Å²) in [5.41, 5.74) is 10.5. The van der Waals surface area contributed by atoms with E-state index in [9.17, 15) is 4.79 Å². The highest BCUT2D eigenvalue weighted by Crippen LogP contribution is 2.35. The second-order valence-electron chi connectivity index (χ2n) is 10.2. The molecule has 4 atom stereocenters. The van der Waals surface area contributed by atoms with Gasteiger partial charge in [0.15, 0.2) is 0 Å². The van der Waals surface area contributed by atoms with Gasteiger partial charge < -0.3 is 15.5 Å². The molecule has 4 nitrogen and oxygen atoms in total. The van der Waals surface area contributed by atoms with Crippen LogP contribution in [0.3, 0.4) is 0 Å². The van der Waals surface area contributed by atoms with Gasteiger partial charge in [-0.2, -0.15) is 0 Å². The normalized spacial score (nSPS) is 23.5. The molecule has 35 heavy (non-hydrogen) atoms. The van der Waals surface area contributed by atoms with Crippen molar-refractivity contribution in [2.45, 2.75) is 43.7 Å². The molecule has 0 bridgehead atoms. The quantitative estimate of drug-likeness (QED) is 0.474. The molecule has 0 radical (unpaired) electrons. The lowest BCUT2D eigenvalue weighted by Gasteiger charge is -2.29. The van der Waals surface area contributed by atoms with Gasteiger partial charge in [0.05, 0.1) is 0 Å². The molecule has 3 aromatic carbocycles. The van der Waals surface area contributed by atoms with Gasteiger partial charge in [-0.3, -0.25) is 4.79 Å². The molecule has 5 rings (SSSR count). The van der Waals surface area contributed by atoms with Gasteiger partial charge in [-0.25, -0.2) is 0 Å². The zero-order valence-electron chi connectivity index (χ0n) is 20.3. The van der Waals surface area contributed by atoms with E-state index in [-0.39, 0.29) is 18.0 Å². The van der Waals surface area contributed by atoms with Gasteiger partial charge in [0.25, 0.3) is 5.91 Å². The van der Waals surface area contributed by atoms with Crippen LogP contribution in [0, 0.1) is 0 Å². The topological polar surface area (TPSA) is 49.6 Å². The third-order valence-electron chi connectivity index (χ3n) is 7.69. The van der Waals surface area contributed by atoms with Crippen LogP contribution in [-0.4, -0.2) is 47.9 Å². The summed E-state index contributed by atoms with van der Waals surface area (Å²) in [6.45, 7) is 5.70. The van der Waals surface area contributed by atoms with Crippen LogP contribution in [0.1, 0.15) is 64.7 Å². The van der Waals surface area contributed by atoms with Gasteiger partial charge in [-0.1, -0.05) is 66.2 Å². The third kappa shape index (κ3) is 5.45. The number of benzene rings is 3. The lowest BCUT2D eigenvalue weighted by Crippen LogP contribution is -2.42. The smallest absolute Gasteiger partial charge is 0.254 e. The summed E-state index contributed by atoms with van der Waals surface area (Å²) in [4.78, 5) is 18.4. The first-order valence-corrected chi connectivity index (χ1v) is 13.0. The Morgan fingerprint density at radius 1 is 0.971 bits per heavy atom. The van der Waals surface area contributed by atoms with E-state index in [0.717, 1.165) is 55.2 Å². The van der Waals surface area contributed by atoms with Gasteiger partial charge in [-0.15, -0.1) is 0 Å². The predicted octanol–water partition coefficient (Wildman–Crippen LogP) is 5.85. The van der Waals surface area contributed by atoms with Crippen molar-refractivity contribution in [3.05, 3.63) is 106 Å². The minimum absolute atomic E-state index is 0.0939. The van der Waals surface area contributed by atoms with Crippen LogP contribution in [-0.2, 0) is 0 Å². The summed E-state index contributed by atoms with van der Waals surface area (Å²) >= 11 is 6.09. The SMILES string of the molecule is CC(N)c1cccc(C(=O)N2C[C@@H](c3ccccc3)C[C@H]2CN2CC[C@H](c3ccc(Cl)cc3)C2)c1. The van der Waals surface area contributed by atoms with E-state index < -0.39 is 0 Å². The average Bonchev–Trinajstić information content (AvgIpc) is 3.52. The number of hydrogen-bond acceptors (Lipinski definition) is 3. The van der Waals surface area contributed by atoms with Gasteiger partial charge in [0.2, 0.25) is 0 Å². The monoisotopic (exact) mass is 487 g/mol. The summed E-state index contributed by atoms with van der Waals surface area (Å²) < 4.78 is 0. The number of carbonyl (C=O) groups is 1. The first-order valence-electron chi connectivity index (χ1n) is 12.7. The number of rotatable bonds is 6. The highest BCUT2D eigenvalue weighted by atomic mass is 35.5. The van der Waals surface area contributed by atoms with Crippen molar-refractivity contribution in [3.63, 3.8) is 0 Å². The molecule has 1 unspecified atom stereocenters. The Morgan fingerprint density at radius 3 is 2.46 bits per heavy atom. The Labute approximate surface area is 213 Å². The zero-order chi connectivity index (χ0) is 24.4. The molecular weight excluding hydrogens is 454 g/mol. The maximum Gasteiger partial charge on any atom is 0.254 e. The molecule has 0 aromatic heterocycles. The zero-order valence-corrected chi connectivity index (χ0v) is 21.1. The molecule has 3 aromatic rings. The number of hydrogen-bond donors (Lipinski definition) is 1. The van der Waals surface area contributed by atoms with Gasteiger partial charge in [0.1, 0.15) is 0 Å². The highest BCUT2D eigenvalue weighted by molar-refractivity contribution is 6.30. The van der Waals surface area contributed by atoms with Crippen molar-refractivity contribution >= 4 is 17.5 Å². The first-order chi connectivity index (χ1) is 17.0. The van der Waals surface area contributed by atoms with Crippen LogP contribution < -0.4 is 5.73 Å². The Hall–Kier alpha value is -2.66. The molecule has 2 N–H and O–H groups in total. The van der Waals surface area contributed by atoms with Crippen LogP contribution in [0.4, 0.5) is 0 Å². The molecule has 2 heterocycles. The largest absolute Gasteiger partial charge is 0.334 e. The van der Waals surface area contributed by atoms with E-state index in [2.05, 4.69) is 52.3 Å². The second kappa shape index (κ2) is 10.5. The Bertz CT molecular complexity index is 1150. The Morgan fingerprint density at radius 2 is 1.71 bits per heavy atom. The van der Waals surface area contributed by atoms with Crippen molar-refractivity contribution in [2.24, 2.45) is 5.73 Å². The van der Waals surface area contributed by atoms with Crippen molar-refractivity contribution in [3.8, 4) is 0 Å². The number of likely N-dealkylation sites (tertiary alicyclic amines) is 2. The predicted molar refractivity (Wildman–Crippen MR) is 143 cm³/mol. The van der Waals surface area contributed by atoms with Crippen LogP contribution in [0.15, 0.2) is 78.9 Å². The molecule has 5 heteroatoms. The van der Waals surface area contributed by atoms with E-state index >= 15 is 0 Å². The van der Waals surface area contributed by atoms with E-state index in [1.165, 1.54) is 11.1 Å². The molecule has 1 amide bonds. The minimum Gasteiger partial charge on any atom is -0.334 e. The summed E-state index contributed by atoms with van der Waals surface area (Å²) in [6.07, 6.45) is 2.13. The highest BCUT2D eigenvalue weighted by Gasteiger charge is 2.38. The van der Waals surface area contributed by atoms with E-state index in [4.69, 9.17) is 17.3 Å². The van der Waals surface area contributed by atoms with E-state index in [1.54, 1.807) is 0 Å². The summed E-state index contributed by atoms with van der Waals surface area (Å²) in [5.74, 6) is 0.992. The number of nitrogens with zero attached hydrogens (tertiary/aromatic N) is 2. The van der Waals surface area contributed by atoms with Crippen molar-refractivity contribution in [2.75, 3.05) is 26.2 Å². The molecule has 2 aliphatic rings. The molecular formula is C30H34ClN3O. The van der Waals surface area contributed by atoms with Crippen LogP contribution in [0.2, 0.25) is 5.02 Å². The fourth-order valence-corrected chi connectivity index (χ4v) is 5.86.